The number of esters is 1. The van der Waals surface area contributed by atoms with Gasteiger partial charge < -0.3 is 15.2 Å². The summed E-state index contributed by atoms with van der Waals surface area (Å²) in [5.74, 6) is -3.15. The van der Waals surface area contributed by atoms with Gasteiger partial charge in [-0.05, 0) is 43.7 Å². The van der Waals surface area contributed by atoms with Crippen molar-refractivity contribution in [3.05, 3.63) is 65.2 Å². The molecule has 0 heterocycles. The first-order chi connectivity index (χ1) is 15.4. The Balaban J connectivity index is 2.23. The van der Waals surface area contributed by atoms with Crippen LogP contribution in [0.25, 0.3) is 0 Å². The van der Waals surface area contributed by atoms with Crippen LogP contribution in [0.3, 0.4) is 0 Å². The maximum absolute atomic E-state index is 14.4. The second-order valence-corrected chi connectivity index (χ2v) is 9.06. The Morgan fingerprint density at radius 1 is 1.09 bits per heavy atom. The van der Waals surface area contributed by atoms with E-state index in [1.807, 2.05) is 0 Å². The molecule has 0 aliphatic rings. The first-order valence-electron chi connectivity index (χ1n) is 9.92. The summed E-state index contributed by atoms with van der Waals surface area (Å²) in [5.41, 5.74) is 0.484. The Morgan fingerprint density at radius 2 is 1.73 bits per heavy atom. The zero-order valence-corrected chi connectivity index (χ0v) is 19.1. The van der Waals surface area contributed by atoms with Gasteiger partial charge >= 0.3 is 5.97 Å². The van der Waals surface area contributed by atoms with E-state index in [-0.39, 0.29) is 10.5 Å². The molecule has 0 radical (unpaired) electrons. The second-order valence-electron chi connectivity index (χ2n) is 7.44. The number of amides is 1. The molecule has 0 aromatic heterocycles. The minimum Gasteiger partial charge on any atom is -0.455 e. The normalized spacial score (nSPS) is 14.2. The van der Waals surface area contributed by atoms with E-state index in [0.29, 0.717) is 0 Å². The van der Waals surface area contributed by atoms with Crippen LogP contribution in [0.4, 0.5) is 8.78 Å². The van der Waals surface area contributed by atoms with Crippen molar-refractivity contribution in [2.24, 2.45) is 0 Å². The number of benzene rings is 2. The van der Waals surface area contributed by atoms with Gasteiger partial charge in [-0.1, -0.05) is 17.7 Å². The van der Waals surface area contributed by atoms with Crippen molar-refractivity contribution in [3.63, 3.8) is 0 Å². The van der Waals surface area contributed by atoms with Crippen LogP contribution in [0.2, 0.25) is 0 Å². The van der Waals surface area contributed by atoms with E-state index in [4.69, 9.17) is 8.92 Å². The summed E-state index contributed by atoms with van der Waals surface area (Å²) in [6.07, 6.45) is -3.36. The molecule has 3 unspecified atom stereocenters. The molecule has 1 amide bonds. The molecule has 3 atom stereocenters. The SMILES string of the molecule is CC(=O)NC(CC(O)COS(=O)(=O)c1ccc(C)cc1)C(OC(C)=O)c1cc(F)ccc1F. The molecule has 0 bridgehead atoms. The summed E-state index contributed by atoms with van der Waals surface area (Å²) in [6, 6.07) is 7.15. The van der Waals surface area contributed by atoms with Gasteiger partial charge in [0.15, 0.2) is 0 Å². The average Bonchev–Trinajstić information content (AvgIpc) is 2.72. The number of ether oxygens (including phenoxy) is 1. The van der Waals surface area contributed by atoms with Crippen LogP contribution >= 0.6 is 0 Å². The Morgan fingerprint density at radius 3 is 2.30 bits per heavy atom. The van der Waals surface area contributed by atoms with E-state index < -0.39 is 64.9 Å². The molecule has 0 spiro atoms. The van der Waals surface area contributed by atoms with Crippen LogP contribution in [-0.4, -0.2) is 44.2 Å². The van der Waals surface area contributed by atoms with Crippen molar-refractivity contribution >= 4 is 22.0 Å². The molecule has 33 heavy (non-hydrogen) atoms. The van der Waals surface area contributed by atoms with Crippen molar-refractivity contribution in [1.29, 1.82) is 0 Å². The van der Waals surface area contributed by atoms with Gasteiger partial charge in [0.1, 0.15) is 17.7 Å². The first-order valence-corrected chi connectivity index (χ1v) is 11.3. The van der Waals surface area contributed by atoms with E-state index in [1.165, 1.54) is 12.1 Å². The molecule has 0 fully saturated rings. The van der Waals surface area contributed by atoms with Gasteiger partial charge in [0.05, 0.1) is 23.6 Å². The minimum absolute atomic E-state index is 0.113. The first kappa shape index (κ1) is 26.4. The van der Waals surface area contributed by atoms with Crippen LogP contribution in [-0.2, 0) is 28.6 Å². The monoisotopic (exact) mass is 485 g/mol. The number of aryl methyl sites for hydroxylation is 1. The van der Waals surface area contributed by atoms with Gasteiger partial charge in [0.25, 0.3) is 10.1 Å². The van der Waals surface area contributed by atoms with Crippen molar-refractivity contribution < 1.29 is 40.8 Å². The maximum atomic E-state index is 14.4. The fourth-order valence-electron chi connectivity index (χ4n) is 3.10. The number of aliphatic hydroxyl groups is 1. The highest BCUT2D eigenvalue weighted by molar-refractivity contribution is 7.86. The van der Waals surface area contributed by atoms with E-state index in [2.05, 4.69) is 5.32 Å². The zero-order chi connectivity index (χ0) is 24.8. The van der Waals surface area contributed by atoms with Crippen molar-refractivity contribution in [2.45, 2.75) is 50.3 Å². The highest BCUT2D eigenvalue weighted by Crippen LogP contribution is 2.28. The number of rotatable bonds is 10. The molecule has 8 nitrogen and oxygen atoms in total. The second kappa shape index (κ2) is 11.3. The van der Waals surface area contributed by atoms with E-state index >= 15 is 0 Å². The summed E-state index contributed by atoms with van der Waals surface area (Å²) in [7, 11) is -4.18. The van der Waals surface area contributed by atoms with E-state index in [0.717, 1.165) is 37.6 Å². The molecule has 0 aliphatic carbocycles. The third-order valence-corrected chi connectivity index (χ3v) is 5.86. The molecule has 2 aromatic carbocycles. The van der Waals surface area contributed by atoms with Crippen LogP contribution in [0.1, 0.15) is 37.5 Å². The van der Waals surface area contributed by atoms with Gasteiger partial charge in [-0.25, -0.2) is 8.78 Å². The quantitative estimate of drug-likeness (QED) is 0.392. The molecule has 0 saturated heterocycles. The largest absolute Gasteiger partial charge is 0.455 e. The van der Waals surface area contributed by atoms with E-state index in [1.54, 1.807) is 19.1 Å². The Labute approximate surface area is 190 Å². The number of hydrogen-bond acceptors (Lipinski definition) is 7. The number of halogens is 2. The molecule has 2 aromatic rings. The van der Waals surface area contributed by atoms with Crippen LogP contribution < -0.4 is 5.32 Å². The lowest BCUT2D eigenvalue weighted by molar-refractivity contribution is -0.150. The van der Waals surface area contributed by atoms with Gasteiger partial charge in [0.2, 0.25) is 5.91 Å². The molecular formula is C22H25F2NO7S. The third-order valence-electron chi connectivity index (χ3n) is 4.56. The highest BCUT2D eigenvalue weighted by atomic mass is 32.2. The number of hydrogen-bond donors (Lipinski definition) is 2. The summed E-state index contributed by atoms with van der Waals surface area (Å²) < 4.78 is 62.8. The number of nitrogens with one attached hydrogen (secondary N) is 1. The number of carbonyl (C=O) groups is 2. The van der Waals surface area contributed by atoms with Gasteiger partial charge in [-0.3, -0.25) is 13.8 Å². The Kier molecular flexibility index (Phi) is 9.03. The topological polar surface area (TPSA) is 119 Å². The highest BCUT2D eigenvalue weighted by Gasteiger charge is 2.32. The summed E-state index contributed by atoms with van der Waals surface area (Å²) >= 11 is 0. The lowest BCUT2D eigenvalue weighted by atomic mass is 9.96. The molecular weight excluding hydrogens is 460 g/mol. The van der Waals surface area contributed by atoms with Crippen LogP contribution in [0.5, 0.6) is 0 Å². The summed E-state index contributed by atoms with van der Waals surface area (Å²) in [6.45, 7) is 3.28. The minimum atomic E-state index is -4.18. The Bertz CT molecular complexity index is 1090. The molecule has 0 aliphatic heterocycles. The fraction of sp³-hybridized carbons (Fsp3) is 0.364. The molecule has 11 heteroatoms. The van der Waals surface area contributed by atoms with Gasteiger partial charge in [0, 0.05) is 19.4 Å². The Hall–Kier alpha value is -2.89. The maximum Gasteiger partial charge on any atom is 0.303 e. The van der Waals surface area contributed by atoms with Gasteiger partial charge in [-0.15, -0.1) is 0 Å². The van der Waals surface area contributed by atoms with Crippen molar-refractivity contribution in [1.82, 2.24) is 5.32 Å². The lowest BCUT2D eigenvalue weighted by Crippen LogP contribution is -2.43. The third kappa shape index (κ3) is 7.88. The van der Waals surface area contributed by atoms with Crippen molar-refractivity contribution in [3.8, 4) is 0 Å². The number of aliphatic hydroxyl groups excluding tert-OH is 1. The van der Waals surface area contributed by atoms with Crippen LogP contribution in [0, 0.1) is 18.6 Å². The van der Waals surface area contributed by atoms with E-state index in [9.17, 15) is 31.9 Å². The number of carbonyl (C=O) groups excluding carboxylic acids is 2. The molecule has 0 saturated carbocycles. The van der Waals surface area contributed by atoms with Gasteiger partial charge in [-0.2, -0.15) is 8.42 Å². The van der Waals surface area contributed by atoms with Crippen LogP contribution in [0.15, 0.2) is 47.4 Å². The van der Waals surface area contributed by atoms with Crippen molar-refractivity contribution in [2.75, 3.05) is 6.61 Å². The standard InChI is InChI=1S/C22H25F2NO7S/c1-13-4-7-18(8-5-13)33(29,30)31-12-17(28)11-21(25-14(2)26)22(32-15(3)27)19-10-16(23)6-9-20(19)24/h4-10,17,21-22,28H,11-12H2,1-3H3,(H,25,26). The average molecular weight is 486 g/mol. The smallest absolute Gasteiger partial charge is 0.303 e. The molecule has 2 rings (SSSR count). The summed E-state index contributed by atoms with van der Waals surface area (Å²) in [4.78, 5) is 23.2. The molecule has 180 valence electrons. The summed E-state index contributed by atoms with van der Waals surface area (Å²) in [5, 5.41) is 12.8. The molecule has 2 N–H and O–H groups in total. The lowest BCUT2D eigenvalue weighted by Gasteiger charge is -2.29. The predicted octanol–water partition coefficient (Wildman–Crippen LogP) is 2.54. The zero-order valence-electron chi connectivity index (χ0n) is 18.2. The predicted molar refractivity (Wildman–Crippen MR) is 113 cm³/mol. The fourth-order valence-corrected chi connectivity index (χ4v) is 4.04.